The summed E-state index contributed by atoms with van der Waals surface area (Å²) in [6, 6.07) is 13.9. The van der Waals surface area contributed by atoms with E-state index in [1.807, 2.05) is 45.0 Å². The van der Waals surface area contributed by atoms with Gasteiger partial charge in [-0.25, -0.2) is 22.5 Å². The molecule has 0 aliphatic carbocycles. The van der Waals surface area contributed by atoms with E-state index < -0.39 is 44.2 Å². The first-order valence-electron chi connectivity index (χ1n) is 16.8. The molecular formula is C38H42FN5O5S. The lowest BCUT2D eigenvalue weighted by Gasteiger charge is -2.31. The molecule has 2 N–H and O–H groups in total. The van der Waals surface area contributed by atoms with Crippen LogP contribution in [0.15, 0.2) is 60.9 Å². The van der Waals surface area contributed by atoms with Crippen molar-refractivity contribution in [3.05, 3.63) is 100 Å². The average Bonchev–Trinajstić information content (AvgIpc) is 3.69. The highest BCUT2D eigenvalue weighted by molar-refractivity contribution is 7.91. The zero-order valence-corrected chi connectivity index (χ0v) is 29.8. The number of nitrogens with zero attached hydrogens (tertiary/aromatic N) is 4. The van der Waals surface area contributed by atoms with Gasteiger partial charge in [-0.15, -0.1) is 0 Å². The average molecular weight is 700 g/mol. The van der Waals surface area contributed by atoms with Crippen molar-refractivity contribution < 1.29 is 27.5 Å². The van der Waals surface area contributed by atoms with Crippen LogP contribution in [0.5, 0.6) is 0 Å². The zero-order chi connectivity index (χ0) is 36.0. The van der Waals surface area contributed by atoms with Crippen LogP contribution >= 0.6 is 0 Å². The van der Waals surface area contributed by atoms with Crippen molar-refractivity contribution in [2.75, 3.05) is 11.5 Å². The lowest BCUT2D eigenvalue weighted by molar-refractivity contribution is -0.141. The predicted molar refractivity (Wildman–Crippen MR) is 189 cm³/mol. The Morgan fingerprint density at radius 1 is 1.12 bits per heavy atom. The Balaban J connectivity index is 1.50. The van der Waals surface area contributed by atoms with Crippen molar-refractivity contribution >= 4 is 32.5 Å². The summed E-state index contributed by atoms with van der Waals surface area (Å²) in [5.41, 5.74) is 1.69. The van der Waals surface area contributed by atoms with E-state index in [1.165, 1.54) is 18.3 Å². The summed E-state index contributed by atoms with van der Waals surface area (Å²) >= 11 is 0. The number of carboxylic acid groups (broad SMARTS) is 1. The van der Waals surface area contributed by atoms with Crippen LogP contribution in [0.4, 0.5) is 4.39 Å². The van der Waals surface area contributed by atoms with Crippen molar-refractivity contribution in [3.63, 3.8) is 0 Å². The number of aryl methyl sites for hydroxylation is 2. The van der Waals surface area contributed by atoms with E-state index in [2.05, 4.69) is 9.97 Å². The molecule has 262 valence electrons. The largest absolute Gasteiger partial charge is 0.481 e. The van der Waals surface area contributed by atoms with Crippen LogP contribution < -0.4 is 0 Å². The Labute approximate surface area is 291 Å². The molecule has 6 rings (SSSR count). The van der Waals surface area contributed by atoms with Gasteiger partial charge in [0.15, 0.2) is 27.3 Å². The molecule has 1 unspecified atom stereocenters. The molecular weight excluding hydrogens is 658 g/mol. The van der Waals surface area contributed by atoms with Gasteiger partial charge in [-0.3, -0.25) is 14.6 Å². The monoisotopic (exact) mass is 699 g/mol. The molecule has 50 heavy (non-hydrogen) atoms. The van der Waals surface area contributed by atoms with Gasteiger partial charge in [0, 0.05) is 35.9 Å². The number of ketones is 1. The number of carbonyl (C=O) groups is 2. The standard InChI is InChI=1S/C38H42FN5O5S/c1-23(35(46)47)18-24-8-6-9-26(19-24)38(4)14-7-13-37(2,3)22-50(48,49)17-12-28-27-11-16-40-30(27)21-29(39)32(28)33(45)25-10-15-41-31(20-25)34-42-36(38)43-44(34)5/h6,8-11,15-16,19-21,23,40H,7,12-14,17-18,22H2,1-5H3,(H,46,47)/t23-,38?/m0/s1. The Morgan fingerprint density at radius 2 is 1.90 bits per heavy atom. The maximum Gasteiger partial charge on any atom is 0.306 e. The van der Waals surface area contributed by atoms with Crippen molar-refractivity contribution in [2.45, 2.75) is 65.2 Å². The van der Waals surface area contributed by atoms with Crippen molar-refractivity contribution in [2.24, 2.45) is 18.4 Å². The van der Waals surface area contributed by atoms with E-state index in [0.717, 1.165) is 11.1 Å². The molecule has 2 aromatic carbocycles. The molecule has 0 amide bonds. The number of rotatable bonds is 4. The highest BCUT2D eigenvalue weighted by atomic mass is 32.2. The minimum Gasteiger partial charge on any atom is -0.481 e. The van der Waals surface area contributed by atoms with Crippen LogP contribution in [0, 0.1) is 17.2 Å². The number of hydrogen-bond acceptors (Lipinski definition) is 7. The Bertz CT molecular complexity index is 2220. The second kappa shape index (κ2) is 13.2. The summed E-state index contributed by atoms with van der Waals surface area (Å²) in [6.07, 6.45) is 5.28. The fourth-order valence-corrected chi connectivity index (χ4v) is 9.21. The highest BCUT2D eigenvalue weighted by Crippen LogP contribution is 2.39. The lowest BCUT2D eigenvalue weighted by Crippen LogP contribution is -2.29. The minimum absolute atomic E-state index is 0.0227. The molecule has 1 aliphatic heterocycles. The molecule has 0 saturated heterocycles. The summed E-state index contributed by atoms with van der Waals surface area (Å²) in [7, 11) is -1.87. The molecule has 4 bridgehead atoms. The number of aromatic nitrogens is 5. The summed E-state index contributed by atoms with van der Waals surface area (Å²) in [6.45, 7) is 7.59. The number of fused-ring (bicyclic) bond motifs is 8. The third-order valence-corrected chi connectivity index (χ3v) is 12.0. The van der Waals surface area contributed by atoms with Gasteiger partial charge in [-0.2, -0.15) is 5.10 Å². The number of nitrogens with one attached hydrogen (secondary N) is 1. The number of aliphatic carboxylic acids is 1. The maximum absolute atomic E-state index is 15.8. The summed E-state index contributed by atoms with van der Waals surface area (Å²) in [5, 5.41) is 15.0. The van der Waals surface area contributed by atoms with Crippen molar-refractivity contribution in [3.8, 4) is 11.5 Å². The molecule has 0 spiro atoms. The van der Waals surface area contributed by atoms with Gasteiger partial charge in [-0.05, 0) is 79.0 Å². The molecule has 1 aliphatic rings. The second-order valence-electron chi connectivity index (χ2n) is 14.6. The van der Waals surface area contributed by atoms with Gasteiger partial charge >= 0.3 is 5.97 Å². The molecule has 12 heteroatoms. The van der Waals surface area contributed by atoms with Gasteiger partial charge in [0.1, 0.15) is 11.5 Å². The van der Waals surface area contributed by atoms with Crippen molar-refractivity contribution in [1.29, 1.82) is 0 Å². The van der Waals surface area contributed by atoms with E-state index in [-0.39, 0.29) is 29.1 Å². The Morgan fingerprint density at radius 3 is 2.66 bits per heavy atom. The molecule has 0 fully saturated rings. The molecule has 10 nitrogen and oxygen atoms in total. The third-order valence-electron chi connectivity index (χ3n) is 9.98. The van der Waals surface area contributed by atoms with Crippen LogP contribution in [0.2, 0.25) is 0 Å². The number of hydrogen-bond donors (Lipinski definition) is 2. The number of halogens is 1. The van der Waals surface area contributed by atoms with Gasteiger partial charge in [0.2, 0.25) is 0 Å². The Hall–Kier alpha value is -4.71. The van der Waals surface area contributed by atoms with Gasteiger partial charge < -0.3 is 10.1 Å². The number of aromatic amines is 1. The topological polar surface area (TPSA) is 148 Å². The predicted octanol–water partition coefficient (Wildman–Crippen LogP) is 6.47. The van der Waals surface area contributed by atoms with Crippen molar-refractivity contribution in [1.82, 2.24) is 24.7 Å². The van der Waals surface area contributed by atoms with Gasteiger partial charge in [0.05, 0.1) is 28.4 Å². The number of benzene rings is 2. The maximum atomic E-state index is 15.8. The number of sulfone groups is 1. The molecule has 3 aromatic heterocycles. The zero-order valence-electron chi connectivity index (χ0n) is 29.0. The van der Waals surface area contributed by atoms with Gasteiger partial charge in [-0.1, -0.05) is 51.5 Å². The van der Waals surface area contributed by atoms with Crippen LogP contribution in [-0.2, 0) is 39.9 Å². The fraction of sp³-hybridized carbons (Fsp3) is 0.395. The molecule has 5 aromatic rings. The van der Waals surface area contributed by atoms with E-state index in [9.17, 15) is 23.1 Å². The number of carboxylic acids is 1. The summed E-state index contributed by atoms with van der Waals surface area (Å²) in [5.74, 6) is -2.14. The first kappa shape index (κ1) is 35.1. The van der Waals surface area contributed by atoms with E-state index >= 15 is 4.39 Å². The van der Waals surface area contributed by atoms with E-state index in [4.69, 9.17) is 10.1 Å². The smallest absolute Gasteiger partial charge is 0.306 e. The molecule has 0 radical (unpaired) electrons. The second-order valence-corrected chi connectivity index (χ2v) is 16.8. The number of H-pyrrole nitrogens is 1. The quantitative estimate of drug-likeness (QED) is 0.217. The van der Waals surface area contributed by atoms with Crippen LogP contribution in [0.25, 0.3) is 22.4 Å². The van der Waals surface area contributed by atoms with E-state index in [1.54, 1.807) is 37.0 Å². The highest BCUT2D eigenvalue weighted by Gasteiger charge is 2.36. The molecule has 4 heterocycles. The van der Waals surface area contributed by atoms with Crippen LogP contribution in [0.3, 0.4) is 0 Å². The molecule has 2 atom stereocenters. The van der Waals surface area contributed by atoms with Crippen LogP contribution in [-0.4, -0.2) is 61.5 Å². The first-order chi connectivity index (χ1) is 23.6. The SMILES string of the molecule is C[C@@H](Cc1cccc(C2(C)CCCC(C)(C)CS(=O)(=O)CCc3c(c(F)cc4[nH]ccc34)C(=O)c3ccnc(c3)-c3nc2nn3C)c1)C(=O)O. The Kier molecular flexibility index (Phi) is 9.28. The minimum atomic E-state index is -3.62. The van der Waals surface area contributed by atoms with Crippen LogP contribution in [0.1, 0.15) is 85.4 Å². The van der Waals surface area contributed by atoms with E-state index in [0.29, 0.717) is 59.5 Å². The first-order valence-corrected chi connectivity index (χ1v) is 18.6. The lowest BCUT2D eigenvalue weighted by atomic mass is 9.75. The number of pyridine rings is 1. The third kappa shape index (κ3) is 6.98. The number of carbonyl (C=O) groups excluding carboxylic acids is 1. The summed E-state index contributed by atoms with van der Waals surface area (Å²) in [4.78, 5) is 38.2. The molecule has 0 saturated carbocycles. The fourth-order valence-electron chi connectivity index (χ4n) is 7.21. The summed E-state index contributed by atoms with van der Waals surface area (Å²) < 4.78 is 44.7. The van der Waals surface area contributed by atoms with Gasteiger partial charge in [0.25, 0.3) is 0 Å². The normalized spacial score (nSPS) is 20.1.